The van der Waals surface area contributed by atoms with Gasteiger partial charge in [-0.1, -0.05) is 19.3 Å². The fourth-order valence-corrected chi connectivity index (χ4v) is 4.02. The van der Waals surface area contributed by atoms with E-state index >= 15 is 0 Å². The molecule has 0 spiro atoms. The summed E-state index contributed by atoms with van der Waals surface area (Å²) in [5.41, 5.74) is 3.86. The van der Waals surface area contributed by atoms with Gasteiger partial charge in [0.1, 0.15) is 5.75 Å². The number of amides is 3. The van der Waals surface area contributed by atoms with E-state index in [0.717, 1.165) is 24.3 Å². The highest BCUT2D eigenvalue weighted by atomic mass is 16.5. The smallest absolute Gasteiger partial charge is 0.340 e. The minimum Gasteiger partial charge on any atom is -0.494 e. The van der Waals surface area contributed by atoms with Gasteiger partial charge in [0.05, 0.1) is 6.61 Å². The summed E-state index contributed by atoms with van der Waals surface area (Å²) in [4.78, 5) is 28.7. The number of hydrogen-bond donors (Lipinski definition) is 1. The zero-order chi connectivity index (χ0) is 18.8. The Bertz CT molecular complexity index is 727. The number of anilines is 1. The van der Waals surface area contributed by atoms with E-state index < -0.39 is 6.17 Å². The molecule has 3 aliphatic rings. The van der Waals surface area contributed by atoms with Crippen LogP contribution in [0.2, 0.25) is 0 Å². The maximum Gasteiger partial charge on any atom is 0.340 e. The third kappa shape index (κ3) is 3.51. The molecule has 0 bridgehead atoms. The van der Waals surface area contributed by atoms with Crippen LogP contribution in [-0.4, -0.2) is 41.2 Å². The van der Waals surface area contributed by atoms with Gasteiger partial charge in [-0.3, -0.25) is 19.6 Å². The van der Waals surface area contributed by atoms with Gasteiger partial charge in [0.25, 0.3) is 5.91 Å². The Balaban J connectivity index is 1.46. The molecule has 1 aromatic rings. The molecule has 2 heterocycles. The SMILES string of the molecule is CCOc1ccc(N2C=CN3C(=O)N(CC4CCCCC4)NC3C2=O)cc1. The van der Waals surface area contributed by atoms with E-state index in [1.807, 2.05) is 31.2 Å². The van der Waals surface area contributed by atoms with Gasteiger partial charge < -0.3 is 4.74 Å². The Hall–Kier alpha value is -2.54. The number of rotatable bonds is 5. The summed E-state index contributed by atoms with van der Waals surface area (Å²) in [5, 5.41) is 1.62. The van der Waals surface area contributed by atoms with Crippen LogP contribution in [0.15, 0.2) is 36.7 Å². The number of ether oxygens (including phenoxy) is 1. The molecule has 144 valence electrons. The van der Waals surface area contributed by atoms with E-state index in [2.05, 4.69) is 5.43 Å². The van der Waals surface area contributed by atoms with Crippen LogP contribution in [0.3, 0.4) is 0 Å². The van der Waals surface area contributed by atoms with Crippen molar-refractivity contribution in [2.75, 3.05) is 18.1 Å². The van der Waals surface area contributed by atoms with E-state index in [1.54, 1.807) is 22.3 Å². The summed E-state index contributed by atoms with van der Waals surface area (Å²) in [6.07, 6.45) is 8.68. The lowest BCUT2D eigenvalue weighted by atomic mass is 9.89. The molecule has 4 rings (SSSR count). The molecular formula is C20H26N4O3. The van der Waals surface area contributed by atoms with Gasteiger partial charge in [-0.25, -0.2) is 4.79 Å². The van der Waals surface area contributed by atoms with Gasteiger partial charge in [0, 0.05) is 24.6 Å². The molecule has 2 aliphatic heterocycles. The highest BCUT2D eigenvalue weighted by Crippen LogP contribution is 2.28. The van der Waals surface area contributed by atoms with Crippen molar-refractivity contribution in [1.82, 2.24) is 15.3 Å². The highest BCUT2D eigenvalue weighted by Gasteiger charge is 2.44. The van der Waals surface area contributed by atoms with Crippen LogP contribution >= 0.6 is 0 Å². The number of urea groups is 1. The highest BCUT2D eigenvalue weighted by molar-refractivity contribution is 6.02. The Morgan fingerprint density at radius 2 is 1.81 bits per heavy atom. The Morgan fingerprint density at radius 3 is 2.52 bits per heavy atom. The lowest BCUT2D eigenvalue weighted by Crippen LogP contribution is -2.51. The second-order valence-electron chi connectivity index (χ2n) is 7.27. The topological polar surface area (TPSA) is 65.1 Å². The predicted octanol–water partition coefficient (Wildman–Crippen LogP) is 3.05. The van der Waals surface area contributed by atoms with Crippen molar-refractivity contribution in [3.05, 3.63) is 36.7 Å². The average molecular weight is 370 g/mol. The number of hydrogen-bond acceptors (Lipinski definition) is 4. The van der Waals surface area contributed by atoms with Crippen molar-refractivity contribution in [1.29, 1.82) is 0 Å². The zero-order valence-corrected chi connectivity index (χ0v) is 15.6. The molecule has 27 heavy (non-hydrogen) atoms. The van der Waals surface area contributed by atoms with Crippen LogP contribution in [0.4, 0.5) is 10.5 Å². The number of nitrogens with one attached hydrogen (secondary N) is 1. The number of hydrazine groups is 1. The summed E-state index contributed by atoms with van der Waals surface area (Å²) < 4.78 is 5.45. The molecule has 0 aromatic heterocycles. The molecule has 7 heteroatoms. The van der Waals surface area contributed by atoms with Crippen LogP contribution in [0, 0.1) is 5.92 Å². The Morgan fingerprint density at radius 1 is 1.07 bits per heavy atom. The van der Waals surface area contributed by atoms with Gasteiger partial charge >= 0.3 is 6.03 Å². The number of carbonyl (C=O) groups is 2. The molecule has 1 saturated carbocycles. The maximum absolute atomic E-state index is 13.0. The molecule has 1 unspecified atom stereocenters. The monoisotopic (exact) mass is 370 g/mol. The molecule has 3 amide bonds. The summed E-state index contributed by atoms with van der Waals surface area (Å²) in [7, 11) is 0. The largest absolute Gasteiger partial charge is 0.494 e. The Kier molecular flexibility index (Phi) is 5.03. The lowest BCUT2D eigenvalue weighted by Gasteiger charge is -2.29. The summed E-state index contributed by atoms with van der Waals surface area (Å²) in [6, 6.07) is 7.23. The minimum atomic E-state index is -0.683. The molecule has 1 saturated heterocycles. The minimum absolute atomic E-state index is 0.151. The fourth-order valence-electron chi connectivity index (χ4n) is 4.02. The first kappa shape index (κ1) is 17.9. The van der Waals surface area contributed by atoms with Crippen molar-refractivity contribution >= 4 is 17.6 Å². The average Bonchev–Trinajstić information content (AvgIpc) is 3.01. The predicted molar refractivity (Wildman–Crippen MR) is 102 cm³/mol. The quantitative estimate of drug-likeness (QED) is 0.865. The number of fused-ring (bicyclic) bond motifs is 1. The van der Waals surface area contributed by atoms with Gasteiger partial charge in [0.15, 0.2) is 6.17 Å². The molecule has 1 aromatic carbocycles. The number of nitrogens with zero attached hydrogens (tertiary/aromatic N) is 3. The lowest BCUT2D eigenvalue weighted by molar-refractivity contribution is -0.122. The van der Waals surface area contributed by atoms with E-state index in [0.29, 0.717) is 19.1 Å². The second-order valence-corrected chi connectivity index (χ2v) is 7.27. The Labute approximate surface area is 159 Å². The maximum atomic E-state index is 13.0. The van der Waals surface area contributed by atoms with Crippen molar-refractivity contribution < 1.29 is 14.3 Å². The van der Waals surface area contributed by atoms with Gasteiger partial charge in [-0.15, -0.1) is 0 Å². The van der Waals surface area contributed by atoms with Crippen molar-refractivity contribution in [3.8, 4) is 5.75 Å². The van der Waals surface area contributed by atoms with E-state index in [9.17, 15) is 9.59 Å². The first-order valence-corrected chi connectivity index (χ1v) is 9.77. The fraction of sp³-hybridized carbons (Fsp3) is 0.500. The molecule has 1 aliphatic carbocycles. The normalized spacial score (nSPS) is 23.1. The third-order valence-corrected chi connectivity index (χ3v) is 5.45. The van der Waals surface area contributed by atoms with Crippen LogP contribution in [0.25, 0.3) is 0 Å². The summed E-state index contributed by atoms with van der Waals surface area (Å²) in [5.74, 6) is 1.11. The standard InChI is InChI=1S/C20H26N4O3/c1-2-27-17-10-8-16(9-11-17)22-12-13-23-18(19(22)25)21-24(20(23)26)14-15-6-4-3-5-7-15/h8-13,15,18,21H,2-7,14H2,1H3. The number of benzene rings is 1. The molecule has 1 N–H and O–H groups in total. The summed E-state index contributed by atoms with van der Waals surface area (Å²) >= 11 is 0. The van der Waals surface area contributed by atoms with Gasteiger partial charge in [-0.2, -0.15) is 5.43 Å². The van der Waals surface area contributed by atoms with Crippen molar-refractivity contribution in [3.63, 3.8) is 0 Å². The van der Waals surface area contributed by atoms with Crippen molar-refractivity contribution in [2.24, 2.45) is 5.92 Å². The first-order valence-electron chi connectivity index (χ1n) is 9.77. The van der Waals surface area contributed by atoms with Gasteiger partial charge in [-0.05, 0) is 49.9 Å². The molecular weight excluding hydrogens is 344 g/mol. The number of carbonyl (C=O) groups excluding carboxylic acids is 2. The molecule has 1 atom stereocenters. The van der Waals surface area contributed by atoms with E-state index in [1.165, 1.54) is 24.2 Å². The van der Waals surface area contributed by atoms with Crippen LogP contribution in [0.5, 0.6) is 5.75 Å². The molecule has 2 fully saturated rings. The second kappa shape index (κ2) is 7.60. The first-order chi connectivity index (χ1) is 13.2. The van der Waals surface area contributed by atoms with Crippen molar-refractivity contribution in [2.45, 2.75) is 45.2 Å². The zero-order valence-electron chi connectivity index (χ0n) is 15.6. The van der Waals surface area contributed by atoms with Crippen LogP contribution in [0.1, 0.15) is 39.0 Å². The third-order valence-electron chi connectivity index (χ3n) is 5.45. The molecule has 7 nitrogen and oxygen atoms in total. The van der Waals surface area contributed by atoms with E-state index in [4.69, 9.17) is 4.74 Å². The van der Waals surface area contributed by atoms with Crippen LogP contribution < -0.4 is 15.1 Å². The summed E-state index contributed by atoms with van der Waals surface area (Å²) in [6.45, 7) is 3.19. The van der Waals surface area contributed by atoms with Crippen LogP contribution in [-0.2, 0) is 4.79 Å². The van der Waals surface area contributed by atoms with Gasteiger partial charge in [0.2, 0.25) is 0 Å². The molecule has 0 radical (unpaired) electrons. The van der Waals surface area contributed by atoms with E-state index in [-0.39, 0.29) is 11.9 Å².